The molecule has 0 atom stereocenters. The molecule has 1 aromatic rings. The molecular weight excluding hydrogens is 230 g/mol. The molecule has 0 bridgehead atoms. The Morgan fingerprint density at radius 1 is 1.00 bits per heavy atom. The van der Waals surface area contributed by atoms with Gasteiger partial charge in [0.1, 0.15) is 10.7 Å². The maximum Gasteiger partial charge on any atom is 0.313 e. The van der Waals surface area contributed by atoms with Crippen LogP contribution in [0.5, 0.6) is 0 Å². The summed E-state index contributed by atoms with van der Waals surface area (Å²) in [4.78, 5) is -2.46. The first-order chi connectivity index (χ1) is 5.90. The molecule has 0 saturated carbocycles. The van der Waals surface area contributed by atoms with Gasteiger partial charge in [0.2, 0.25) is 0 Å². The first kappa shape index (κ1) is 11.2. The highest BCUT2D eigenvalue weighted by molar-refractivity contribution is 8.45. The van der Waals surface area contributed by atoms with E-state index < -0.39 is 20.9 Å². The standard InChI is InChI=1S/C7H6F6S/c1-5-2-3-7(6(8)4-5)14(9,10,11,12)13/h2-4H,1H3. The van der Waals surface area contributed by atoms with Crippen LogP contribution in [0.15, 0.2) is 23.1 Å². The largest absolute Gasteiger partial charge is 0.313 e. The van der Waals surface area contributed by atoms with Crippen molar-refractivity contribution in [3.63, 3.8) is 0 Å². The molecule has 0 aliphatic rings. The Labute approximate surface area is 76.3 Å². The lowest BCUT2D eigenvalue weighted by atomic mass is 10.2. The van der Waals surface area contributed by atoms with Gasteiger partial charge in [-0.15, -0.1) is 0 Å². The molecule has 7 heteroatoms. The van der Waals surface area contributed by atoms with Crippen molar-refractivity contribution in [3.05, 3.63) is 29.6 Å². The molecule has 82 valence electrons. The van der Waals surface area contributed by atoms with Crippen molar-refractivity contribution in [2.45, 2.75) is 11.8 Å². The molecule has 0 N–H and O–H groups in total. The third-order valence-electron chi connectivity index (χ3n) is 1.50. The number of aryl methyl sites for hydroxylation is 1. The van der Waals surface area contributed by atoms with Crippen LogP contribution in [0.25, 0.3) is 0 Å². The summed E-state index contributed by atoms with van der Waals surface area (Å²) < 4.78 is 73.2. The SMILES string of the molecule is Cc1ccc(S(F)(F)(F)(F)F)c(F)c1. The van der Waals surface area contributed by atoms with E-state index in [1.54, 1.807) is 0 Å². The van der Waals surface area contributed by atoms with Gasteiger partial charge < -0.3 is 0 Å². The van der Waals surface area contributed by atoms with Crippen LogP contribution in [0.2, 0.25) is 0 Å². The van der Waals surface area contributed by atoms with Crippen LogP contribution in [-0.2, 0) is 0 Å². The molecule has 0 saturated heterocycles. The monoisotopic (exact) mass is 236 g/mol. The molecule has 0 amide bonds. The number of hydrogen-bond donors (Lipinski definition) is 0. The molecule has 0 fully saturated rings. The molecule has 0 aromatic heterocycles. The average molecular weight is 236 g/mol. The normalized spacial score (nSPS) is 17.4. The molecule has 0 heterocycles. The molecular formula is C7H6F6S. The lowest BCUT2D eigenvalue weighted by Crippen LogP contribution is -2.08. The van der Waals surface area contributed by atoms with Crippen LogP contribution in [0.4, 0.5) is 23.8 Å². The summed E-state index contributed by atoms with van der Waals surface area (Å²) in [6, 6.07) is 1.27. The van der Waals surface area contributed by atoms with E-state index in [9.17, 15) is 23.8 Å². The van der Waals surface area contributed by atoms with E-state index in [2.05, 4.69) is 0 Å². The Morgan fingerprint density at radius 3 is 1.86 bits per heavy atom. The van der Waals surface area contributed by atoms with E-state index in [1.165, 1.54) is 6.92 Å². The minimum atomic E-state index is -9.88. The van der Waals surface area contributed by atoms with Crippen molar-refractivity contribution in [1.29, 1.82) is 0 Å². The second-order valence-electron chi connectivity index (χ2n) is 2.90. The summed E-state index contributed by atoms with van der Waals surface area (Å²) in [6.07, 6.45) is 0. The quantitative estimate of drug-likeness (QED) is 0.615. The van der Waals surface area contributed by atoms with Gasteiger partial charge in [0.15, 0.2) is 0 Å². The van der Waals surface area contributed by atoms with Crippen molar-refractivity contribution >= 4 is 10.2 Å². The van der Waals surface area contributed by atoms with E-state index in [4.69, 9.17) is 0 Å². The zero-order valence-corrected chi connectivity index (χ0v) is 7.72. The molecule has 1 aromatic carbocycles. The summed E-state index contributed by atoms with van der Waals surface area (Å²) in [5, 5.41) is 0. The third-order valence-corrected chi connectivity index (χ3v) is 2.67. The first-order valence-electron chi connectivity index (χ1n) is 3.40. The van der Waals surface area contributed by atoms with Crippen LogP contribution in [0, 0.1) is 12.7 Å². The second-order valence-corrected chi connectivity index (χ2v) is 5.28. The topological polar surface area (TPSA) is 0 Å². The number of benzene rings is 1. The molecule has 0 aliphatic heterocycles. The van der Waals surface area contributed by atoms with Gasteiger partial charge in [-0.3, -0.25) is 0 Å². The van der Waals surface area contributed by atoms with Gasteiger partial charge in [-0.25, -0.2) is 4.39 Å². The highest BCUT2D eigenvalue weighted by Crippen LogP contribution is 3.02. The van der Waals surface area contributed by atoms with Crippen LogP contribution >= 0.6 is 10.2 Å². The van der Waals surface area contributed by atoms with E-state index in [1.807, 2.05) is 0 Å². The Morgan fingerprint density at radius 2 is 1.50 bits per heavy atom. The molecule has 1 rings (SSSR count). The van der Waals surface area contributed by atoms with Gasteiger partial charge in [-0.05, 0) is 24.6 Å². The van der Waals surface area contributed by atoms with Crippen LogP contribution in [0.3, 0.4) is 0 Å². The highest BCUT2D eigenvalue weighted by Gasteiger charge is 2.67. The summed E-state index contributed by atoms with van der Waals surface area (Å²) in [5.74, 6) is -1.94. The molecule has 0 unspecified atom stereocenters. The van der Waals surface area contributed by atoms with E-state index >= 15 is 0 Å². The summed E-state index contributed by atoms with van der Waals surface area (Å²) in [6.45, 7) is 1.30. The Kier molecular flexibility index (Phi) is 1.77. The minimum absolute atomic E-state index is 0.0617. The smallest absolute Gasteiger partial charge is 0.205 e. The fraction of sp³-hybridized carbons (Fsp3) is 0.143. The van der Waals surface area contributed by atoms with Gasteiger partial charge in [0.25, 0.3) is 0 Å². The van der Waals surface area contributed by atoms with E-state index in [0.29, 0.717) is 6.07 Å². The van der Waals surface area contributed by atoms with Crippen LogP contribution < -0.4 is 0 Å². The average Bonchev–Trinajstić information content (AvgIpc) is 1.79. The zero-order chi connectivity index (χ0) is 11.3. The lowest BCUT2D eigenvalue weighted by Gasteiger charge is -2.40. The number of rotatable bonds is 1. The predicted octanol–water partition coefficient (Wildman–Crippen LogP) is 4.79. The Balaban J connectivity index is 3.51. The molecule has 0 aliphatic carbocycles. The van der Waals surface area contributed by atoms with Gasteiger partial charge >= 0.3 is 10.2 Å². The van der Waals surface area contributed by atoms with Crippen molar-refractivity contribution in [2.24, 2.45) is 0 Å². The van der Waals surface area contributed by atoms with E-state index in [0.717, 1.165) is 6.07 Å². The van der Waals surface area contributed by atoms with E-state index in [-0.39, 0.29) is 11.6 Å². The predicted molar refractivity (Wildman–Crippen MR) is 42.5 cm³/mol. The third kappa shape index (κ3) is 2.34. The zero-order valence-electron chi connectivity index (χ0n) is 6.91. The molecule has 0 spiro atoms. The van der Waals surface area contributed by atoms with Crippen molar-refractivity contribution in [1.82, 2.24) is 0 Å². The Bertz CT molecular complexity index is 378. The van der Waals surface area contributed by atoms with Crippen LogP contribution in [0.1, 0.15) is 5.56 Å². The lowest BCUT2D eigenvalue weighted by molar-refractivity contribution is 0.355. The van der Waals surface area contributed by atoms with Crippen molar-refractivity contribution in [3.8, 4) is 0 Å². The highest BCUT2D eigenvalue weighted by atomic mass is 32.5. The Hall–Kier alpha value is -0.850. The van der Waals surface area contributed by atoms with Crippen LogP contribution in [-0.4, -0.2) is 0 Å². The summed E-state index contributed by atoms with van der Waals surface area (Å²) >= 11 is 0. The fourth-order valence-corrected chi connectivity index (χ4v) is 1.67. The van der Waals surface area contributed by atoms with Crippen molar-refractivity contribution < 1.29 is 23.8 Å². The second kappa shape index (κ2) is 2.21. The maximum absolute atomic E-state index is 12.7. The number of halogens is 6. The maximum atomic E-state index is 12.7. The van der Waals surface area contributed by atoms with Gasteiger partial charge in [0.05, 0.1) is 0 Å². The van der Waals surface area contributed by atoms with Gasteiger partial charge in [-0.1, -0.05) is 25.5 Å². The molecule has 0 nitrogen and oxygen atoms in total. The molecule has 0 radical (unpaired) electrons. The van der Waals surface area contributed by atoms with Gasteiger partial charge in [-0.2, -0.15) is 0 Å². The van der Waals surface area contributed by atoms with Gasteiger partial charge in [0, 0.05) is 0 Å². The number of hydrogen-bond acceptors (Lipinski definition) is 0. The molecule has 14 heavy (non-hydrogen) atoms. The first-order valence-corrected chi connectivity index (χ1v) is 5.35. The summed E-state index contributed by atoms with van der Waals surface area (Å²) in [5.41, 5.74) is 0.146. The van der Waals surface area contributed by atoms with Crippen molar-refractivity contribution in [2.75, 3.05) is 0 Å². The minimum Gasteiger partial charge on any atom is -0.205 e. The fourth-order valence-electron chi connectivity index (χ4n) is 0.919. The summed E-state index contributed by atoms with van der Waals surface area (Å²) in [7, 11) is -9.88.